The van der Waals surface area contributed by atoms with Gasteiger partial charge in [-0.05, 0) is 37.8 Å². The summed E-state index contributed by atoms with van der Waals surface area (Å²) >= 11 is 0. The molecule has 0 saturated carbocycles. The van der Waals surface area contributed by atoms with Crippen molar-refractivity contribution in [3.05, 3.63) is 30.3 Å². The van der Waals surface area contributed by atoms with Crippen LogP contribution in [-0.4, -0.2) is 51.4 Å². The molecule has 0 spiro atoms. The van der Waals surface area contributed by atoms with Crippen molar-refractivity contribution >= 4 is 16.0 Å². The van der Waals surface area contributed by atoms with Crippen molar-refractivity contribution < 1.29 is 8.42 Å². The van der Waals surface area contributed by atoms with E-state index in [1.165, 1.54) is 0 Å². The molecule has 1 fully saturated rings. The van der Waals surface area contributed by atoms with E-state index in [0.717, 1.165) is 19.4 Å². The van der Waals surface area contributed by atoms with Crippen LogP contribution in [0.1, 0.15) is 19.8 Å². The van der Waals surface area contributed by atoms with E-state index in [0.29, 0.717) is 43.0 Å². The lowest BCUT2D eigenvalue weighted by atomic mass is 9.98. The molecule has 1 aromatic rings. The normalized spacial score (nSPS) is 17.0. The average molecular weight is 362 g/mol. The molecule has 0 unspecified atom stereocenters. The summed E-state index contributed by atoms with van der Waals surface area (Å²) in [6.45, 7) is 4.93. The molecular formula is C18H26N4O2S. The third-order valence-corrected chi connectivity index (χ3v) is 6.08. The number of rotatable bonds is 6. The smallest absolute Gasteiger partial charge is 0.243 e. The molecule has 0 aromatic heterocycles. The van der Waals surface area contributed by atoms with E-state index >= 15 is 0 Å². The first kappa shape index (κ1) is 19.3. The zero-order valence-corrected chi connectivity index (χ0v) is 15.4. The summed E-state index contributed by atoms with van der Waals surface area (Å²) in [7, 11) is -3.39. The van der Waals surface area contributed by atoms with Gasteiger partial charge >= 0.3 is 0 Å². The van der Waals surface area contributed by atoms with E-state index in [1.807, 2.05) is 13.0 Å². The number of aliphatic imine (C=N–C) groups is 1. The highest BCUT2D eigenvalue weighted by Crippen LogP contribution is 2.23. The predicted octanol–water partition coefficient (Wildman–Crippen LogP) is 1.28. The second kappa shape index (κ2) is 9.44. The van der Waals surface area contributed by atoms with Gasteiger partial charge in [0.25, 0.3) is 0 Å². The molecule has 0 bridgehead atoms. The number of terminal acetylenes is 1. The Labute approximate surface area is 150 Å². The summed E-state index contributed by atoms with van der Waals surface area (Å²) in [6, 6.07) is 8.61. The van der Waals surface area contributed by atoms with Crippen LogP contribution in [0.25, 0.3) is 0 Å². The van der Waals surface area contributed by atoms with Gasteiger partial charge in [0.05, 0.1) is 11.4 Å². The van der Waals surface area contributed by atoms with Crippen LogP contribution < -0.4 is 10.6 Å². The van der Waals surface area contributed by atoms with E-state index in [9.17, 15) is 8.42 Å². The summed E-state index contributed by atoms with van der Waals surface area (Å²) in [4.78, 5) is 4.91. The zero-order chi connectivity index (χ0) is 18.1. The summed E-state index contributed by atoms with van der Waals surface area (Å²) in [5.41, 5.74) is 0. The van der Waals surface area contributed by atoms with Gasteiger partial charge in [0.1, 0.15) is 0 Å². The zero-order valence-electron chi connectivity index (χ0n) is 14.6. The minimum Gasteiger partial charge on any atom is -0.357 e. The Bertz CT molecular complexity index is 702. The molecule has 1 aromatic carbocycles. The first-order chi connectivity index (χ1) is 12.1. The van der Waals surface area contributed by atoms with Crippen LogP contribution in [-0.2, 0) is 10.0 Å². The number of benzene rings is 1. The first-order valence-electron chi connectivity index (χ1n) is 8.58. The van der Waals surface area contributed by atoms with Gasteiger partial charge < -0.3 is 10.6 Å². The van der Waals surface area contributed by atoms with Crippen LogP contribution in [0.3, 0.4) is 0 Å². The summed E-state index contributed by atoms with van der Waals surface area (Å²) in [5.74, 6) is 3.61. The van der Waals surface area contributed by atoms with Crippen LogP contribution in [0.4, 0.5) is 0 Å². The molecular weight excluding hydrogens is 336 g/mol. The molecule has 2 N–H and O–H groups in total. The fraction of sp³-hybridized carbons (Fsp3) is 0.500. The van der Waals surface area contributed by atoms with Gasteiger partial charge in [-0.3, -0.25) is 4.99 Å². The number of hydrogen-bond acceptors (Lipinski definition) is 3. The van der Waals surface area contributed by atoms with Crippen molar-refractivity contribution in [2.24, 2.45) is 10.9 Å². The van der Waals surface area contributed by atoms with Crippen LogP contribution in [0.5, 0.6) is 0 Å². The highest BCUT2D eigenvalue weighted by atomic mass is 32.2. The Morgan fingerprint density at radius 2 is 1.96 bits per heavy atom. The average Bonchev–Trinajstić information content (AvgIpc) is 2.65. The lowest BCUT2D eigenvalue weighted by Crippen LogP contribution is -2.40. The fourth-order valence-electron chi connectivity index (χ4n) is 2.77. The van der Waals surface area contributed by atoms with Crippen LogP contribution in [0.15, 0.2) is 40.2 Å². The molecule has 1 saturated heterocycles. The fourth-order valence-corrected chi connectivity index (χ4v) is 4.26. The van der Waals surface area contributed by atoms with Crippen molar-refractivity contribution in [1.82, 2.24) is 14.9 Å². The third kappa shape index (κ3) is 5.48. The maximum absolute atomic E-state index is 12.6. The maximum atomic E-state index is 12.6. The highest BCUT2D eigenvalue weighted by molar-refractivity contribution is 7.89. The SMILES string of the molecule is C#CCNC(=NCC1CCN(S(=O)(=O)c2ccccc2)CC1)NCC. The Morgan fingerprint density at radius 3 is 2.56 bits per heavy atom. The molecule has 6 nitrogen and oxygen atoms in total. The van der Waals surface area contributed by atoms with Crippen molar-refractivity contribution in [2.45, 2.75) is 24.7 Å². The number of piperidine rings is 1. The van der Waals surface area contributed by atoms with Crippen LogP contribution in [0.2, 0.25) is 0 Å². The van der Waals surface area contributed by atoms with Crippen molar-refractivity contribution in [3.8, 4) is 12.3 Å². The number of sulfonamides is 1. The van der Waals surface area contributed by atoms with Gasteiger partial charge in [0.15, 0.2) is 5.96 Å². The number of nitrogens with one attached hydrogen (secondary N) is 2. The van der Waals surface area contributed by atoms with E-state index in [1.54, 1.807) is 28.6 Å². The molecule has 7 heteroatoms. The number of guanidine groups is 1. The minimum atomic E-state index is -3.39. The molecule has 25 heavy (non-hydrogen) atoms. The predicted molar refractivity (Wildman–Crippen MR) is 101 cm³/mol. The Kier molecular flexibility index (Phi) is 7.29. The molecule has 1 aliphatic heterocycles. The quantitative estimate of drug-likeness (QED) is 0.454. The molecule has 0 atom stereocenters. The topological polar surface area (TPSA) is 73.8 Å². The van der Waals surface area contributed by atoms with Gasteiger partial charge in [0.2, 0.25) is 10.0 Å². The second-order valence-corrected chi connectivity index (χ2v) is 7.88. The van der Waals surface area contributed by atoms with Crippen molar-refractivity contribution in [1.29, 1.82) is 0 Å². The Hall–Kier alpha value is -2.04. The van der Waals surface area contributed by atoms with Gasteiger partial charge in [-0.25, -0.2) is 8.42 Å². The monoisotopic (exact) mass is 362 g/mol. The Balaban J connectivity index is 1.90. The van der Waals surface area contributed by atoms with Gasteiger partial charge in [-0.2, -0.15) is 4.31 Å². The standard InChI is InChI=1S/C18H26N4O2S/c1-3-12-20-18(19-4-2)21-15-16-10-13-22(14-11-16)25(23,24)17-8-6-5-7-9-17/h1,5-9,16H,4,10-15H2,2H3,(H2,19,20,21). The number of hydrogen-bond donors (Lipinski definition) is 2. The molecule has 0 amide bonds. The van der Waals surface area contributed by atoms with E-state index in [2.05, 4.69) is 21.5 Å². The van der Waals surface area contributed by atoms with Crippen LogP contribution in [0, 0.1) is 18.3 Å². The van der Waals surface area contributed by atoms with E-state index < -0.39 is 10.0 Å². The molecule has 0 aliphatic carbocycles. The second-order valence-electron chi connectivity index (χ2n) is 5.94. The largest absolute Gasteiger partial charge is 0.357 e. The van der Waals surface area contributed by atoms with Gasteiger partial charge in [0, 0.05) is 26.2 Å². The lowest BCUT2D eigenvalue weighted by Gasteiger charge is -2.30. The Morgan fingerprint density at radius 1 is 1.28 bits per heavy atom. The van der Waals surface area contributed by atoms with E-state index in [4.69, 9.17) is 6.42 Å². The van der Waals surface area contributed by atoms with Gasteiger partial charge in [-0.15, -0.1) is 6.42 Å². The maximum Gasteiger partial charge on any atom is 0.243 e. The van der Waals surface area contributed by atoms with E-state index in [-0.39, 0.29) is 0 Å². The molecule has 0 radical (unpaired) electrons. The summed E-state index contributed by atoms with van der Waals surface area (Å²) in [6.07, 6.45) is 6.88. The van der Waals surface area contributed by atoms with Crippen molar-refractivity contribution in [3.63, 3.8) is 0 Å². The lowest BCUT2D eigenvalue weighted by molar-refractivity contribution is 0.278. The third-order valence-electron chi connectivity index (χ3n) is 4.16. The minimum absolute atomic E-state index is 0.361. The molecule has 2 rings (SSSR count). The van der Waals surface area contributed by atoms with Crippen LogP contribution >= 0.6 is 0 Å². The molecule has 1 aliphatic rings. The molecule has 136 valence electrons. The molecule has 1 heterocycles. The van der Waals surface area contributed by atoms with Gasteiger partial charge in [-0.1, -0.05) is 24.1 Å². The summed E-state index contributed by atoms with van der Waals surface area (Å²) in [5, 5.41) is 6.21. The summed E-state index contributed by atoms with van der Waals surface area (Å²) < 4.78 is 26.8. The van der Waals surface area contributed by atoms with Crippen molar-refractivity contribution in [2.75, 3.05) is 32.7 Å². The first-order valence-corrected chi connectivity index (χ1v) is 10.0. The highest BCUT2D eigenvalue weighted by Gasteiger charge is 2.29. The number of nitrogens with zero attached hydrogens (tertiary/aromatic N) is 2.